The van der Waals surface area contributed by atoms with Gasteiger partial charge < -0.3 is 15.3 Å². The Hall–Kier alpha value is -1.10. The maximum absolute atomic E-state index is 10.3. The molecule has 0 bridgehead atoms. The van der Waals surface area contributed by atoms with E-state index in [0.717, 1.165) is 51.4 Å². The first-order valence-corrected chi connectivity index (χ1v) is 18.1. The minimum atomic E-state index is -0.678. The fourth-order valence-corrected chi connectivity index (χ4v) is 5.32. The van der Waals surface area contributed by atoms with Crippen molar-refractivity contribution in [2.75, 3.05) is 0 Å². The normalized spacial score (nSPS) is 11.7. The van der Waals surface area contributed by atoms with Crippen LogP contribution < -0.4 is 0 Å². The van der Waals surface area contributed by atoms with Crippen LogP contribution >= 0.6 is 0 Å². The van der Waals surface area contributed by atoms with Crippen molar-refractivity contribution >= 4 is 11.9 Å². The van der Waals surface area contributed by atoms with Crippen molar-refractivity contribution < 1.29 is 24.9 Å². The number of hydrogen-bond acceptors (Lipinski definition) is 3. The van der Waals surface area contributed by atoms with Crippen LogP contribution in [0.4, 0.5) is 0 Å². The number of aliphatic hydroxyl groups excluding tert-OH is 1. The Morgan fingerprint density at radius 2 is 0.610 bits per heavy atom. The molecule has 0 saturated carbocycles. The van der Waals surface area contributed by atoms with E-state index in [9.17, 15) is 14.7 Å². The van der Waals surface area contributed by atoms with Crippen LogP contribution in [0, 0.1) is 0 Å². The third-order valence-corrected chi connectivity index (χ3v) is 8.06. The Morgan fingerprint density at radius 1 is 0.390 bits per heavy atom. The van der Waals surface area contributed by atoms with Gasteiger partial charge in [0.1, 0.15) is 0 Å². The average Bonchev–Trinajstić information content (AvgIpc) is 2.94. The number of hydrogen-bond donors (Lipinski definition) is 3. The number of aliphatic hydroxyl groups is 1. The van der Waals surface area contributed by atoms with Gasteiger partial charge in [-0.3, -0.25) is 9.59 Å². The minimum absolute atomic E-state index is 0.0853. The third kappa shape index (κ3) is 43.5. The number of carbonyl (C=O) groups is 2. The summed E-state index contributed by atoms with van der Waals surface area (Å²) in [7, 11) is 0. The quantitative estimate of drug-likeness (QED) is 0.0683. The lowest BCUT2D eigenvalue weighted by Gasteiger charge is -2.10. The van der Waals surface area contributed by atoms with Crippen molar-refractivity contribution in [1.29, 1.82) is 0 Å². The van der Waals surface area contributed by atoms with E-state index in [2.05, 4.69) is 13.8 Å². The molecule has 5 nitrogen and oxygen atoms in total. The Labute approximate surface area is 255 Å². The largest absolute Gasteiger partial charge is 0.481 e. The number of rotatable bonds is 32. The summed E-state index contributed by atoms with van der Waals surface area (Å²) in [6, 6.07) is 0. The zero-order valence-corrected chi connectivity index (χ0v) is 27.7. The number of carboxylic acids is 2. The second-order valence-corrected chi connectivity index (χ2v) is 12.4. The average molecular weight is 585 g/mol. The van der Waals surface area contributed by atoms with Crippen LogP contribution in [0.5, 0.6) is 0 Å². The molecule has 0 radical (unpaired) electrons. The molecular formula is C36H72O5. The standard InChI is InChI=1S/C18H36O3.C18H36O2/c1-2-3-4-11-14-17(19)15-12-9-7-5-6-8-10-13-16-18(20)21;1-2-3-4-5-6-7-8-9-10-11-12-13-14-15-16-17-18(19)20/h17,19H,2-16H2,1H3,(H,20,21);2-17H2,1H3,(H,19,20). The fraction of sp³-hybridized carbons (Fsp3) is 0.944. The zero-order chi connectivity index (χ0) is 30.7. The molecule has 0 aromatic rings. The first-order valence-electron chi connectivity index (χ1n) is 18.1. The van der Waals surface area contributed by atoms with Crippen LogP contribution in [0.1, 0.15) is 213 Å². The predicted molar refractivity (Wildman–Crippen MR) is 176 cm³/mol. The lowest BCUT2D eigenvalue weighted by molar-refractivity contribution is -0.138. The molecule has 246 valence electrons. The molecule has 3 N–H and O–H groups in total. The molecule has 0 aromatic heterocycles. The molecule has 0 aliphatic heterocycles. The molecule has 1 atom stereocenters. The lowest BCUT2D eigenvalue weighted by atomic mass is 10.0. The van der Waals surface area contributed by atoms with Gasteiger partial charge in [-0.15, -0.1) is 0 Å². The molecule has 0 aromatic carbocycles. The number of carboxylic acid groups (broad SMARTS) is 2. The third-order valence-electron chi connectivity index (χ3n) is 8.06. The second kappa shape index (κ2) is 36.9. The van der Waals surface area contributed by atoms with Crippen LogP contribution in [-0.4, -0.2) is 33.4 Å². The van der Waals surface area contributed by atoms with Crippen molar-refractivity contribution in [3.05, 3.63) is 0 Å². The summed E-state index contributed by atoms with van der Waals surface area (Å²) in [6.07, 6.45) is 36.5. The molecule has 0 fully saturated rings. The van der Waals surface area contributed by atoms with Crippen LogP contribution in [0.25, 0.3) is 0 Å². The first kappa shape index (κ1) is 42.0. The van der Waals surface area contributed by atoms with Gasteiger partial charge in [-0.05, 0) is 25.7 Å². The highest BCUT2D eigenvalue weighted by molar-refractivity contribution is 5.66. The molecular weight excluding hydrogens is 512 g/mol. The van der Waals surface area contributed by atoms with E-state index >= 15 is 0 Å². The summed E-state index contributed by atoms with van der Waals surface area (Å²) < 4.78 is 0. The minimum Gasteiger partial charge on any atom is -0.481 e. The van der Waals surface area contributed by atoms with Crippen molar-refractivity contribution in [2.24, 2.45) is 0 Å². The second-order valence-electron chi connectivity index (χ2n) is 12.4. The van der Waals surface area contributed by atoms with Crippen LogP contribution in [-0.2, 0) is 9.59 Å². The van der Waals surface area contributed by atoms with Crippen molar-refractivity contribution in [2.45, 2.75) is 219 Å². The summed E-state index contributed by atoms with van der Waals surface area (Å²) in [5.41, 5.74) is 0. The van der Waals surface area contributed by atoms with E-state index in [1.54, 1.807) is 0 Å². The maximum atomic E-state index is 10.3. The molecule has 0 saturated heterocycles. The van der Waals surface area contributed by atoms with E-state index in [1.807, 2.05) is 0 Å². The summed E-state index contributed by atoms with van der Waals surface area (Å²) >= 11 is 0. The van der Waals surface area contributed by atoms with E-state index in [0.29, 0.717) is 12.8 Å². The highest BCUT2D eigenvalue weighted by Crippen LogP contribution is 2.15. The van der Waals surface area contributed by atoms with E-state index in [1.165, 1.54) is 135 Å². The Morgan fingerprint density at radius 3 is 0.878 bits per heavy atom. The van der Waals surface area contributed by atoms with Crippen molar-refractivity contribution in [1.82, 2.24) is 0 Å². The molecule has 41 heavy (non-hydrogen) atoms. The van der Waals surface area contributed by atoms with Gasteiger partial charge in [-0.25, -0.2) is 0 Å². The maximum Gasteiger partial charge on any atom is 0.303 e. The monoisotopic (exact) mass is 585 g/mol. The predicted octanol–water partition coefficient (Wildman–Crippen LogP) is 11.6. The summed E-state index contributed by atoms with van der Waals surface area (Å²) in [5.74, 6) is -1.33. The molecule has 0 amide bonds. The summed E-state index contributed by atoms with van der Waals surface area (Å²) in [6.45, 7) is 4.48. The smallest absolute Gasteiger partial charge is 0.303 e. The van der Waals surface area contributed by atoms with Crippen molar-refractivity contribution in [3.8, 4) is 0 Å². The molecule has 1 unspecified atom stereocenters. The van der Waals surface area contributed by atoms with Gasteiger partial charge in [0.25, 0.3) is 0 Å². The zero-order valence-electron chi connectivity index (χ0n) is 27.7. The molecule has 0 spiro atoms. The van der Waals surface area contributed by atoms with Gasteiger partial charge >= 0.3 is 11.9 Å². The van der Waals surface area contributed by atoms with Gasteiger partial charge in [-0.2, -0.15) is 0 Å². The van der Waals surface area contributed by atoms with Gasteiger partial charge in [0.05, 0.1) is 6.10 Å². The van der Waals surface area contributed by atoms with Crippen LogP contribution in [0.2, 0.25) is 0 Å². The summed E-state index contributed by atoms with van der Waals surface area (Å²) in [4.78, 5) is 20.7. The molecule has 0 aliphatic carbocycles. The van der Waals surface area contributed by atoms with Gasteiger partial charge in [0, 0.05) is 12.8 Å². The molecule has 5 heteroatoms. The van der Waals surface area contributed by atoms with Crippen LogP contribution in [0.3, 0.4) is 0 Å². The number of unbranched alkanes of at least 4 members (excludes halogenated alkanes) is 24. The van der Waals surface area contributed by atoms with E-state index in [-0.39, 0.29) is 6.10 Å². The highest BCUT2D eigenvalue weighted by atomic mass is 16.4. The summed E-state index contributed by atoms with van der Waals surface area (Å²) in [5, 5.41) is 26.9. The Balaban J connectivity index is 0. The number of aliphatic carboxylic acids is 2. The molecule has 0 aliphatic rings. The Bertz CT molecular complexity index is 522. The van der Waals surface area contributed by atoms with E-state index < -0.39 is 11.9 Å². The first-order chi connectivity index (χ1) is 19.9. The SMILES string of the molecule is CCCCCCC(O)CCCCCCCCCCC(=O)O.CCCCCCCCCCCCCCCCCC(=O)O. The highest BCUT2D eigenvalue weighted by Gasteiger charge is 2.03. The molecule has 0 rings (SSSR count). The van der Waals surface area contributed by atoms with Gasteiger partial charge in [-0.1, -0.05) is 174 Å². The van der Waals surface area contributed by atoms with E-state index in [4.69, 9.17) is 10.2 Å². The van der Waals surface area contributed by atoms with Crippen molar-refractivity contribution in [3.63, 3.8) is 0 Å². The lowest BCUT2D eigenvalue weighted by Crippen LogP contribution is -2.05. The molecule has 0 heterocycles. The Kier molecular flexibility index (Phi) is 37.9. The fourth-order valence-electron chi connectivity index (χ4n) is 5.32. The van der Waals surface area contributed by atoms with Gasteiger partial charge in [0.15, 0.2) is 0 Å². The topological polar surface area (TPSA) is 94.8 Å². The van der Waals surface area contributed by atoms with Gasteiger partial charge in [0.2, 0.25) is 0 Å². The van der Waals surface area contributed by atoms with Crippen LogP contribution in [0.15, 0.2) is 0 Å².